The van der Waals surface area contributed by atoms with Crippen LogP contribution in [0.3, 0.4) is 0 Å². The van der Waals surface area contributed by atoms with Gasteiger partial charge in [-0.1, -0.05) is 23.7 Å². The second-order valence-electron chi connectivity index (χ2n) is 5.62. The molecular weight excluding hydrogens is 461 g/mol. The molecule has 2 heterocycles. The SMILES string of the molecule is Clc1ccnc(Cl)n1.O=Bc1cccc(O)c1.Oc1cccc(-c2ccnc(Cl)n2)c1. The molecule has 0 bridgehead atoms. The normalized spacial score (nSPS) is 9.39. The van der Waals surface area contributed by atoms with Crippen LogP contribution in [-0.2, 0) is 4.70 Å². The third kappa shape index (κ3) is 9.08. The van der Waals surface area contributed by atoms with Gasteiger partial charge >= 0.3 is 52.4 Å². The minimum atomic E-state index is 0.125. The van der Waals surface area contributed by atoms with Gasteiger partial charge in [-0.2, -0.15) is 0 Å². The molecule has 4 aromatic rings. The molecule has 0 aliphatic rings. The van der Waals surface area contributed by atoms with Crippen LogP contribution in [-0.4, -0.2) is 37.3 Å². The first-order chi connectivity index (χ1) is 14.9. The molecule has 4 rings (SSSR count). The largest absolute Gasteiger partial charge is 0.508 e. The van der Waals surface area contributed by atoms with Crippen molar-refractivity contribution in [2.45, 2.75) is 0 Å². The summed E-state index contributed by atoms with van der Waals surface area (Å²) in [6.45, 7) is 0. The zero-order valence-electron chi connectivity index (χ0n) is 15.7. The summed E-state index contributed by atoms with van der Waals surface area (Å²) in [5.41, 5.74) is 2.00. The molecule has 0 aliphatic heterocycles. The number of halogens is 3. The summed E-state index contributed by atoms with van der Waals surface area (Å²) in [5.74, 6) is 0.330. The van der Waals surface area contributed by atoms with Crippen molar-refractivity contribution in [2.24, 2.45) is 0 Å². The van der Waals surface area contributed by atoms with Gasteiger partial charge in [0.25, 0.3) is 0 Å². The summed E-state index contributed by atoms with van der Waals surface area (Å²) in [7, 11) is 0.694. The molecule has 11 heteroatoms. The average molecular weight is 476 g/mol. The molecule has 2 aromatic carbocycles. The fraction of sp³-hybridized carbons (Fsp3) is 0. The quantitative estimate of drug-likeness (QED) is 0.252. The Morgan fingerprint density at radius 3 is 1.84 bits per heavy atom. The summed E-state index contributed by atoms with van der Waals surface area (Å²) in [5, 5.41) is 18.8. The molecule has 0 amide bonds. The molecule has 0 radical (unpaired) electrons. The van der Waals surface area contributed by atoms with E-state index in [4.69, 9.17) is 39.9 Å². The summed E-state index contributed by atoms with van der Waals surface area (Å²) in [4.78, 5) is 15.0. The first kappa shape index (κ1) is 24.2. The van der Waals surface area contributed by atoms with E-state index in [1.54, 1.807) is 48.7 Å². The van der Waals surface area contributed by atoms with Gasteiger partial charge in [-0.25, -0.2) is 19.9 Å². The van der Waals surface area contributed by atoms with E-state index in [0.717, 1.165) is 5.56 Å². The molecule has 2 aromatic heterocycles. The van der Waals surface area contributed by atoms with Crippen molar-refractivity contribution in [3.05, 3.63) is 88.8 Å². The Morgan fingerprint density at radius 1 is 0.742 bits per heavy atom. The van der Waals surface area contributed by atoms with Crippen molar-refractivity contribution in [2.75, 3.05) is 0 Å². The predicted octanol–water partition coefficient (Wildman–Crippen LogP) is 4.35. The minimum absolute atomic E-state index is 0.125. The van der Waals surface area contributed by atoms with Crippen LogP contribution in [0.1, 0.15) is 0 Å². The van der Waals surface area contributed by atoms with E-state index in [-0.39, 0.29) is 22.1 Å². The average Bonchev–Trinajstić information content (AvgIpc) is 2.74. The Morgan fingerprint density at radius 2 is 1.35 bits per heavy atom. The Kier molecular flexibility index (Phi) is 9.83. The van der Waals surface area contributed by atoms with Gasteiger partial charge in [0.1, 0.15) is 10.9 Å². The summed E-state index contributed by atoms with van der Waals surface area (Å²) in [6, 6.07) is 16.3. The van der Waals surface area contributed by atoms with Crippen LogP contribution in [0.5, 0.6) is 11.5 Å². The van der Waals surface area contributed by atoms with Gasteiger partial charge in [0, 0.05) is 18.0 Å². The van der Waals surface area contributed by atoms with Crippen molar-refractivity contribution < 1.29 is 14.9 Å². The van der Waals surface area contributed by atoms with E-state index in [1.807, 2.05) is 6.07 Å². The molecule has 0 saturated heterocycles. The van der Waals surface area contributed by atoms with E-state index in [0.29, 0.717) is 23.5 Å². The van der Waals surface area contributed by atoms with Gasteiger partial charge in [-0.05, 0) is 47.5 Å². The van der Waals surface area contributed by atoms with E-state index in [9.17, 15) is 9.81 Å². The first-order valence-corrected chi connectivity index (χ1v) is 9.67. The summed E-state index contributed by atoms with van der Waals surface area (Å²) in [6.07, 6.45) is 3.08. The molecular formula is C20H14BCl3N4O3. The monoisotopic (exact) mass is 474 g/mol. The predicted molar refractivity (Wildman–Crippen MR) is 120 cm³/mol. The smallest absolute Gasteiger partial charge is 0.222 e. The number of phenols is 2. The molecule has 156 valence electrons. The molecule has 2 N–H and O–H groups in total. The zero-order valence-corrected chi connectivity index (χ0v) is 18.0. The Bertz CT molecular complexity index is 1090. The Balaban J connectivity index is 0.000000175. The molecule has 0 atom stereocenters. The molecule has 7 nitrogen and oxygen atoms in total. The second-order valence-corrected chi connectivity index (χ2v) is 6.69. The van der Waals surface area contributed by atoms with Gasteiger partial charge in [-0.15, -0.1) is 0 Å². The van der Waals surface area contributed by atoms with Crippen LogP contribution >= 0.6 is 34.8 Å². The number of benzene rings is 2. The third-order valence-electron chi connectivity index (χ3n) is 3.37. The maximum Gasteiger partial charge on any atom is 0.222 e. The Hall–Kier alpha value is -3.07. The van der Waals surface area contributed by atoms with Gasteiger partial charge in [-0.3, -0.25) is 0 Å². The van der Waals surface area contributed by atoms with Crippen molar-refractivity contribution in [3.8, 4) is 22.8 Å². The minimum Gasteiger partial charge on any atom is -0.508 e. The fourth-order valence-electron chi connectivity index (χ4n) is 2.07. The molecule has 0 fully saturated rings. The van der Waals surface area contributed by atoms with Gasteiger partial charge < -0.3 is 5.11 Å². The zero-order chi connectivity index (χ0) is 22.6. The summed E-state index contributed by atoms with van der Waals surface area (Å²) >= 11 is 16.4. The standard InChI is InChI=1S/C10H7ClN2O.C6H5BO2.C4H2Cl2N2/c11-10-12-5-4-9(13-10)7-2-1-3-8(14)6-7;8-6-3-1-2-5(4-6)7-9;5-3-1-2-7-4(6)8-3/h1-6,14H;1-4,8H;1-2H. The number of nitrogens with zero attached hydrogens (tertiary/aromatic N) is 4. The van der Waals surface area contributed by atoms with Crippen LogP contribution < -0.4 is 5.46 Å². The number of hydrogen-bond donors (Lipinski definition) is 2. The molecule has 0 unspecified atom stereocenters. The molecule has 0 saturated carbocycles. The van der Waals surface area contributed by atoms with E-state index in [2.05, 4.69) is 19.9 Å². The van der Waals surface area contributed by atoms with Crippen LogP contribution in [0.4, 0.5) is 0 Å². The number of rotatable bonds is 2. The van der Waals surface area contributed by atoms with Gasteiger partial charge in [0.05, 0.1) is 5.69 Å². The molecule has 0 spiro atoms. The number of phenolic OH excluding ortho intramolecular Hbond substituents is 2. The number of aromatic nitrogens is 4. The number of hydrogen-bond acceptors (Lipinski definition) is 7. The van der Waals surface area contributed by atoms with E-state index < -0.39 is 0 Å². The van der Waals surface area contributed by atoms with Crippen LogP contribution in [0, 0.1) is 0 Å². The summed E-state index contributed by atoms with van der Waals surface area (Å²) < 4.78 is 10.0. The van der Waals surface area contributed by atoms with Crippen molar-refractivity contribution in [1.29, 1.82) is 0 Å². The maximum absolute atomic E-state index is 10.0. The first-order valence-electron chi connectivity index (χ1n) is 8.53. The second kappa shape index (κ2) is 12.6. The van der Waals surface area contributed by atoms with Gasteiger partial charge in [0.15, 0.2) is 0 Å². The third-order valence-corrected chi connectivity index (χ3v) is 3.94. The van der Waals surface area contributed by atoms with Crippen LogP contribution in [0.2, 0.25) is 15.7 Å². The maximum atomic E-state index is 10.0. The van der Waals surface area contributed by atoms with E-state index >= 15 is 0 Å². The van der Waals surface area contributed by atoms with Crippen molar-refractivity contribution in [3.63, 3.8) is 0 Å². The van der Waals surface area contributed by atoms with Crippen molar-refractivity contribution in [1.82, 2.24) is 19.9 Å². The number of aromatic hydroxyl groups is 2. The topological polar surface area (TPSA) is 109 Å². The Labute approximate surface area is 193 Å². The van der Waals surface area contributed by atoms with Crippen LogP contribution in [0.25, 0.3) is 11.3 Å². The van der Waals surface area contributed by atoms with Crippen molar-refractivity contribution >= 4 is 47.4 Å². The molecule has 0 aliphatic carbocycles. The molecule has 31 heavy (non-hydrogen) atoms. The van der Waals surface area contributed by atoms with E-state index in [1.165, 1.54) is 18.3 Å². The van der Waals surface area contributed by atoms with Gasteiger partial charge in [0.2, 0.25) is 10.6 Å². The fourth-order valence-corrected chi connectivity index (χ4v) is 2.55. The van der Waals surface area contributed by atoms with Crippen LogP contribution in [0.15, 0.2) is 73.1 Å².